The molecule has 1 atom stereocenters. The molecule has 0 saturated heterocycles. The van der Waals surface area contributed by atoms with E-state index in [0.717, 1.165) is 5.56 Å². The number of allylic oxidation sites excluding steroid dienone is 1. The van der Waals surface area contributed by atoms with E-state index in [-0.39, 0.29) is 17.4 Å². The Hall–Kier alpha value is -4.70. The van der Waals surface area contributed by atoms with Crippen molar-refractivity contribution < 1.29 is 18.7 Å². The Morgan fingerprint density at radius 2 is 1.92 bits per heavy atom. The zero-order valence-electron chi connectivity index (χ0n) is 20.7. The number of anilines is 2. The number of rotatable bonds is 5. The van der Waals surface area contributed by atoms with Gasteiger partial charge in [-0.25, -0.2) is 14.8 Å². The largest absolute Gasteiger partial charge is 0.465 e. The maximum Gasteiger partial charge on any atom is 0.338 e. The van der Waals surface area contributed by atoms with Gasteiger partial charge in [0.2, 0.25) is 5.96 Å². The summed E-state index contributed by atoms with van der Waals surface area (Å²) in [5.74, 6) is -0.485. The minimum Gasteiger partial charge on any atom is -0.465 e. The highest BCUT2D eigenvalue weighted by Crippen LogP contribution is 2.35. The molecule has 0 saturated carbocycles. The number of esters is 1. The van der Waals surface area contributed by atoms with E-state index in [9.17, 15) is 9.59 Å². The number of aromatic nitrogens is 2. The first-order valence-corrected chi connectivity index (χ1v) is 12.0. The number of ether oxygens (including phenoxy) is 1. The molecule has 1 amide bonds. The SMILES string of the molecule is COC(=O)c1ccnc(NC(=O)C2=C(C)NC(Nc3nc4cccc(C)c4o3)=NC2c2ccccc2Cl)c1. The third-order valence-electron chi connectivity index (χ3n) is 5.95. The molecule has 192 valence electrons. The fraction of sp³-hybridized carbons (Fsp3) is 0.148. The molecule has 11 heteroatoms. The fourth-order valence-corrected chi connectivity index (χ4v) is 4.36. The molecular weight excluding hydrogens is 508 g/mol. The van der Waals surface area contributed by atoms with Crippen LogP contribution in [0.2, 0.25) is 5.02 Å². The van der Waals surface area contributed by atoms with Crippen LogP contribution in [0.3, 0.4) is 0 Å². The van der Waals surface area contributed by atoms with E-state index >= 15 is 0 Å². The minimum atomic E-state index is -0.762. The lowest BCUT2D eigenvalue weighted by atomic mass is 9.95. The standard InChI is InChI=1S/C27H23ClN6O4/c1-14-7-6-10-19-23(14)38-27(31-19)34-26-30-15(2)21(22(33-26)17-8-4-5-9-18(17)28)24(35)32-20-13-16(11-12-29-20)25(36)37-3/h4-13,22H,1-3H3,(H,29,32,35)(H2,30,31,33,34). The zero-order chi connectivity index (χ0) is 26.8. The number of nitrogens with one attached hydrogen (secondary N) is 3. The second-order valence-electron chi connectivity index (χ2n) is 8.51. The number of fused-ring (bicyclic) bond motifs is 1. The summed E-state index contributed by atoms with van der Waals surface area (Å²) in [6.07, 6.45) is 1.41. The summed E-state index contributed by atoms with van der Waals surface area (Å²) in [6, 6.07) is 15.3. The lowest BCUT2D eigenvalue weighted by Gasteiger charge is -2.26. The van der Waals surface area contributed by atoms with Crippen LogP contribution in [0.1, 0.15) is 34.5 Å². The number of aryl methyl sites for hydroxylation is 1. The number of nitrogens with zero attached hydrogens (tertiary/aromatic N) is 3. The minimum absolute atomic E-state index is 0.186. The molecule has 0 bridgehead atoms. The van der Waals surface area contributed by atoms with Gasteiger partial charge in [-0.3, -0.25) is 10.1 Å². The Morgan fingerprint density at radius 3 is 2.68 bits per heavy atom. The summed E-state index contributed by atoms with van der Waals surface area (Å²) in [7, 11) is 1.28. The predicted octanol–water partition coefficient (Wildman–Crippen LogP) is 5.00. The van der Waals surface area contributed by atoms with Crippen LogP contribution in [0, 0.1) is 6.92 Å². The molecule has 0 fully saturated rings. The second kappa shape index (κ2) is 10.3. The number of pyridine rings is 1. The van der Waals surface area contributed by atoms with Gasteiger partial charge in [-0.2, -0.15) is 4.98 Å². The summed E-state index contributed by atoms with van der Waals surface area (Å²) in [6.45, 7) is 3.69. The van der Waals surface area contributed by atoms with Gasteiger partial charge in [0.05, 0.1) is 18.2 Å². The Labute approximate surface area is 222 Å². The number of benzene rings is 2. The number of hydrogen-bond acceptors (Lipinski definition) is 9. The summed E-state index contributed by atoms with van der Waals surface area (Å²) in [5, 5.41) is 9.39. The highest BCUT2D eigenvalue weighted by molar-refractivity contribution is 6.31. The topological polar surface area (TPSA) is 131 Å². The van der Waals surface area contributed by atoms with Crippen LogP contribution in [-0.2, 0) is 9.53 Å². The van der Waals surface area contributed by atoms with Gasteiger partial charge in [-0.05, 0) is 43.7 Å². The number of halogens is 1. The number of oxazole rings is 1. The van der Waals surface area contributed by atoms with Crippen molar-refractivity contribution in [2.45, 2.75) is 19.9 Å². The molecule has 38 heavy (non-hydrogen) atoms. The van der Waals surface area contributed by atoms with Gasteiger partial charge in [0.1, 0.15) is 17.4 Å². The van der Waals surface area contributed by atoms with Gasteiger partial charge < -0.3 is 19.8 Å². The molecule has 3 heterocycles. The van der Waals surface area contributed by atoms with Crippen molar-refractivity contribution in [3.8, 4) is 0 Å². The highest BCUT2D eigenvalue weighted by atomic mass is 35.5. The van der Waals surface area contributed by atoms with Gasteiger partial charge in [0.25, 0.3) is 5.91 Å². The summed E-state index contributed by atoms with van der Waals surface area (Å²) in [5.41, 5.74) is 4.07. The lowest BCUT2D eigenvalue weighted by Crippen LogP contribution is -2.37. The van der Waals surface area contributed by atoms with Crippen LogP contribution in [0.5, 0.6) is 0 Å². The normalized spacial score (nSPS) is 15.1. The molecule has 10 nitrogen and oxygen atoms in total. The van der Waals surface area contributed by atoms with Crippen LogP contribution in [0.25, 0.3) is 11.1 Å². The van der Waals surface area contributed by atoms with Gasteiger partial charge in [0.15, 0.2) is 5.58 Å². The molecule has 1 unspecified atom stereocenters. The molecule has 2 aromatic carbocycles. The van der Waals surface area contributed by atoms with Gasteiger partial charge >= 0.3 is 12.0 Å². The van der Waals surface area contributed by atoms with Crippen molar-refractivity contribution in [3.63, 3.8) is 0 Å². The van der Waals surface area contributed by atoms with Crippen molar-refractivity contribution in [1.82, 2.24) is 15.3 Å². The van der Waals surface area contributed by atoms with E-state index < -0.39 is 17.9 Å². The zero-order valence-corrected chi connectivity index (χ0v) is 21.5. The van der Waals surface area contributed by atoms with E-state index in [1.165, 1.54) is 25.4 Å². The van der Waals surface area contributed by atoms with E-state index in [0.29, 0.717) is 38.9 Å². The first-order chi connectivity index (χ1) is 18.3. The number of hydrogen-bond donors (Lipinski definition) is 3. The van der Waals surface area contributed by atoms with Crippen LogP contribution in [0.4, 0.5) is 11.8 Å². The van der Waals surface area contributed by atoms with Crippen LogP contribution in [-0.4, -0.2) is 34.9 Å². The molecule has 0 spiro atoms. The predicted molar refractivity (Wildman–Crippen MR) is 144 cm³/mol. The number of carbonyl (C=O) groups is 2. The average molecular weight is 531 g/mol. The first kappa shape index (κ1) is 25.0. The summed E-state index contributed by atoms with van der Waals surface area (Å²) >= 11 is 6.53. The number of guanidine groups is 1. The first-order valence-electron chi connectivity index (χ1n) is 11.6. The molecular formula is C27H23ClN6O4. The van der Waals surface area contributed by atoms with E-state index in [1.54, 1.807) is 25.1 Å². The Kier molecular flexibility index (Phi) is 6.80. The number of aliphatic imine (C=N–C) groups is 1. The van der Waals surface area contributed by atoms with Crippen molar-refractivity contribution in [2.24, 2.45) is 4.99 Å². The van der Waals surface area contributed by atoms with E-state index in [4.69, 9.17) is 25.7 Å². The van der Waals surface area contributed by atoms with Crippen molar-refractivity contribution in [3.05, 3.63) is 93.8 Å². The second-order valence-corrected chi connectivity index (χ2v) is 8.92. The molecule has 0 radical (unpaired) electrons. The molecule has 1 aliphatic heterocycles. The van der Waals surface area contributed by atoms with Crippen LogP contribution < -0.4 is 16.0 Å². The Morgan fingerprint density at radius 1 is 1.11 bits per heavy atom. The molecule has 5 rings (SSSR count). The number of methoxy groups -OCH3 is 1. The van der Waals surface area contributed by atoms with Crippen LogP contribution >= 0.6 is 11.6 Å². The van der Waals surface area contributed by atoms with E-state index in [2.05, 4.69) is 25.9 Å². The Bertz CT molecular complexity index is 1630. The maximum atomic E-state index is 13.5. The average Bonchev–Trinajstić information content (AvgIpc) is 3.32. The summed E-state index contributed by atoms with van der Waals surface area (Å²) in [4.78, 5) is 38.8. The third kappa shape index (κ3) is 4.94. The van der Waals surface area contributed by atoms with Crippen LogP contribution in [0.15, 0.2) is 81.5 Å². The van der Waals surface area contributed by atoms with Crippen molar-refractivity contribution in [1.29, 1.82) is 0 Å². The fourth-order valence-electron chi connectivity index (χ4n) is 4.12. The number of amides is 1. The van der Waals surface area contributed by atoms with Gasteiger partial charge in [0, 0.05) is 22.5 Å². The monoisotopic (exact) mass is 530 g/mol. The maximum absolute atomic E-state index is 13.5. The molecule has 1 aliphatic rings. The van der Waals surface area contributed by atoms with E-state index in [1.807, 2.05) is 31.2 Å². The Balaban J connectivity index is 1.48. The summed E-state index contributed by atoms with van der Waals surface area (Å²) < 4.78 is 10.6. The third-order valence-corrected chi connectivity index (χ3v) is 6.29. The smallest absolute Gasteiger partial charge is 0.338 e. The number of carbonyl (C=O) groups excluding carboxylic acids is 2. The van der Waals surface area contributed by atoms with Crippen molar-refractivity contribution >= 4 is 52.4 Å². The number of para-hydroxylation sites is 1. The van der Waals surface area contributed by atoms with Gasteiger partial charge in [-0.15, -0.1) is 0 Å². The lowest BCUT2D eigenvalue weighted by molar-refractivity contribution is -0.113. The molecule has 2 aromatic heterocycles. The highest BCUT2D eigenvalue weighted by Gasteiger charge is 2.31. The molecule has 4 aromatic rings. The quantitative estimate of drug-likeness (QED) is 0.307. The van der Waals surface area contributed by atoms with Crippen molar-refractivity contribution in [2.75, 3.05) is 17.7 Å². The molecule has 0 aliphatic carbocycles. The van der Waals surface area contributed by atoms with Gasteiger partial charge in [-0.1, -0.05) is 41.9 Å². The molecule has 3 N–H and O–H groups in total.